The van der Waals surface area contributed by atoms with Crippen molar-refractivity contribution in [2.24, 2.45) is 0 Å². The number of benzene rings is 3. The van der Waals surface area contributed by atoms with Crippen LogP contribution in [0.5, 0.6) is 5.75 Å². The summed E-state index contributed by atoms with van der Waals surface area (Å²) < 4.78 is 6.40. The summed E-state index contributed by atoms with van der Waals surface area (Å²) in [5, 5.41) is 20.2. The molecule has 1 saturated heterocycles. The number of nitrogens with zero attached hydrogens (tertiary/aromatic N) is 3. The predicted octanol–water partition coefficient (Wildman–Crippen LogP) is 6.86. The Hall–Kier alpha value is -3.95. The third kappa shape index (κ3) is 5.80. The van der Waals surface area contributed by atoms with E-state index in [1.807, 2.05) is 45.0 Å². The van der Waals surface area contributed by atoms with Crippen molar-refractivity contribution in [2.75, 3.05) is 11.5 Å². The number of thioether (sulfide) groups is 1. The average molecular weight is 572 g/mol. The molecule has 3 aromatic carbocycles. The van der Waals surface area contributed by atoms with E-state index in [4.69, 9.17) is 4.74 Å². The fraction of sp³-hybridized carbons (Fsp3) is 0.226. The molecule has 1 N–H and O–H groups in total. The number of Topliss-reactive ketones (excluding diaryl/α,β-unsaturated/α-hetero) is 1. The normalized spacial score (nSPS) is 16.5. The molecule has 40 heavy (non-hydrogen) atoms. The number of amides is 1. The lowest BCUT2D eigenvalue weighted by atomic mass is 9.95. The van der Waals surface area contributed by atoms with E-state index in [1.54, 1.807) is 24.3 Å². The molecule has 1 fully saturated rings. The fourth-order valence-corrected chi connectivity index (χ4v) is 6.19. The molecule has 204 valence electrons. The first-order valence-electron chi connectivity index (χ1n) is 13.0. The van der Waals surface area contributed by atoms with Crippen molar-refractivity contribution < 1.29 is 19.4 Å². The van der Waals surface area contributed by atoms with Crippen LogP contribution in [0.25, 0.3) is 5.76 Å². The maximum absolute atomic E-state index is 13.5. The maximum Gasteiger partial charge on any atom is 0.301 e. The zero-order valence-electron chi connectivity index (χ0n) is 22.5. The van der Waals surface area contributed by atoms with Crippen molar-refractivity contribution in [2.45, 2.75) is 43.3 Å². The Morgan fingerprint density at radius 3 is 2.25 bits per heavy atom. The number of aliphatic hydroxyl groups excluding tert-OH is 1. The van der Waals surface area contributed by atoms with E-state index in [9.17, 15) is 14.7 Å². The molecule has 5 rings (SSSR count). The third-order valence-corrected chi connectivity index (χ3v) is 8.65. The third-order valence-electron chi connectivity index (χ3n) is 6.52. The lowest BCUT2D eigenvalue weighted by Gasteiger charge is -2.22. The lowest BCUT2D eigenvalue weighted by Crippen LogP contribution is -2.29. The van der Waals surface area contributed by atoms with Crippen LogP contribution in [0.4, 0.5) is 5.13 Å². The number of ether oxygens (including phenoxy) is 1. The molecule has 9 heteroatoms. The van der Waals surface area contributed by atoms with Gasteiger partial charge in [0, 0.05) is 11.3 Å². The molecule has 2 heterocycles. The zero-order chi connectivity index (χ0) is 28.2. The fourth-order valence-electron chi connectivity index (χ4n) is 4.37. The Morgan fingerprint density at radius 2 is 1.60 bits per heavy atom. The van der Waals surface area contributed by atoms with Crippen molar-refractivity contribution in [1.82, 2.24) is 10.2 Å². The monoisotopic (exact) mass is 571 g/mol. The van der Waals surface area contributed by atoms with Crippen LogP contribution < -0.4 is 9.64 Å². The number of aryl methyl sites for hydroxylation is 2. The van der Waals surface area contributed by atoms with Crippen molar-refractivity contribution in [3.8, 4) is 5.75 Å². The highest BCUT2D eigenvalue weighted by Crippen LogP contribution is 2.44. The van der Waals surface area contributed by atoms with Crippen molar-refractivity contribution in [3.63, 3.8) is 0 Å². The molecule has 1 aromatic heterocycles. The largest absolute Gasteiger partial charge is 0.507 e. The van der Waals surface area contributed by atoms with Crippen LogP contribution in [0.1, 0.15) is 47.2 Å². The predicted molar refractivity (Wildman–Crippen MR) is 159 cm³/mol. The van der Waals surface area contributed by atoms with Gasteiger partial charge in [0.25, 0.3) is 5.78 Å². The number of aliphatic hydroxyl groups is 1. The molecule has 7 nitrogen and oxygen atoms in total. The van der Waals surface area contributed by atoms with Gasteiger partial charge < -0.3 is 9.84 Å². The van der Waals surface area contributed by atoms with Gasteiger partial charge in [-0.3, -0.25) is 14.5 Å². The molecule has 0 aliphatic carbocycles. The van der Waals surface area contributed by atoms with E-state index in [1.165, 1.54) is 33.6 Å². The van der Waals surface area contributed by atoms with Crippen LogP contribution in [0.3, 0.4) is 0 Å². The number of aromatic nitrogens is 2. The minimum atomic E-state index is -0.871. The second-order valence-corrected chi connectivity index (χ2v) is 11.8. The molecule has 1 amide bonds. The summed E-state index contributed by atoms with van der Waals surface area (Å²) in [5.41, 5.74) is 4.49. The number of anilines is 1. The van der Waals surface area contributed by atoms with Gasteiger partial charge in [0.15, 0.2) is 4.34 Å². The number of carbonyl (C=O) groups is 2. The van der Waals surface area contributed by atoms with Gasteiger partial charge in [-0.1, -0.05) is 102 Å². The van der Waals surface area contributed by atoms with Gasteiger partial charge in [-0.25, -0.2) is 0 Å². The van der Waals surface area contributed by atoms with E-state index in [0.717, 1.165) is 17.5 Å². The van der Waals surface area contributed by atoms with Crippen molar-refractivity contribution >= 4 is 45.7 Å². The summed E-state index contributed by atoms with van der Waals surface area (Å²) in [4.78, 5) is 28.2. The highest BCUT2D eigenvalue weighted by atomic mass is 32.2. The van der Waals surface area contributed by atoms with Gasteiger partial charge in [-0.2, -0.15) is 0 Å². The minimum absolute atomic E-state index is 0.0140. The van der Waals surface area contributed by atoms with Crippen LogP contribution in [0.15, 0.2) is 82.7 Å². The topological polar surface area (TPSA) is 92.6 Å². The van der Waals surface area contributed by atoms with Crippen molar-refractivity contribution in [1.29, 1.82) is 0 Å². The van der Waals surface area contributed by atoms with Crippen LogP contribution in [0.2, 0.25) is 0 Å². The van der Waals surface area contributed by atoms with E-state index in [2.05, 4.69) is 34.5 Å². The minimum Gasteiger partial charge on any atom is -0.507 e. The lowest BCUT2D eigenvalue weighted by molar-refractivity contribution is -0.132. The number of carbonyl (C=O) groups excluding carboxylic acids is 2. The molecule has 1 unspecified atom stereocenters. The van der Waals surface area contributed by atoms with Gasteiger partial charge in [0.2, 0.25) is 5.13 Å². The standard InChI is InChI=1S/C31H29N3O4S2/c1-4-17-38-24-15-13-22(14-16-24)26-25(27(35)23-11-7-20(3)8-12-23)28(36)29(37)34(26)30-32-33-31(40-30)39-18-21-9-5-19(2)6-10-21/h5-16,26,35H,4,17-18H2,1-3H3/b27-25-. The summed E-state index contributed by atoms with van der Waals surface area (Å²) in [7, 11) is 0. The number of hydrogen-bond donors (Lipinski definition) is 1. The quantitative estimate of drug-likeness (QED) is 0.0771. The molecule has 1 aliphatic rings. The Balaban J connectivity index is 1.51. The molecule has 4 aromatic rings. The Morgan fingerprint density at radius 1 is 0.950 bits per heavy atom. The first kappa shape index (κ1) is 27.6. The molecule has 1 atom stereocenters. The molecule has 1 aliphatic heterocycles. The second-order valence-electron chi connectivity index (χ2n) is 9.58. The number of hydrogen-bond acceptors (Lipinski definition) is 8. The molecule has 0 saturated carbocycles. The highest BCUT2D eigenvalue weighted by molar-refractivity contribution is 8.00. The molecule has 0 bridgehead atoms. The van der Waals surface area contributed by atoms with Crippen LogP contribution in [-0.4, -0.2) is 33.6 Å². The van der Waals surface area contributed by atoms with Crippen molar-refractivity contribution in [3.05, 3.63) is 106 Å². The Labute approximate surface area is 241 Å². The van der Waals surface area contributed by atoms with Crippen LogP contribution in [-0.2, 0) is 15.3 Å². The van der Waals surface area contributed by atoms with Gasteiger partial charge in [0.05, 0.1) is 18.2 Å². The molecular formula is C31H29N3O4S2. The molecular weight excluding hydrogens is 542 g/mol. The SMILES string of the molecule is CCCOc1ccc(C2/C(=C(/O)c3ccc(C)cc3)C(=O)C(=O)N2c2nnc(SCc3ccc(C)cc3)s2)cc1. The van der Waals surface area contributed by atoms with E-state index in [0.29, 0.717) is 38.7 Å². The molecule has 0 radical (unpaired) electrons. The summed E-state index contributed by atoms with van der Waals surface area (Å²) >= 11 is 2.76. The highest BCUT2D eigenvalue weighted by Gasteiger charge is 2.48. The average Bonchev–Trinajstić information content (AvgIpc) is 3.54. The summed E-state index contributed by atoms with van der Waals surface area (Å²) in [6.45, 7) is 6.60. The van der Waals surface area contributed by atoms with E-state index in [-0.39, 0.29) is 11.3 Å². The van der Waals surface area contributed by atoms with E-state index >= 15 is 0 Å². The van der Waals surface area contributed by atoms with E-state index < -0.39 is 17.7 Å². The smallest absolute Gasteiger partial charge is 0.301 e. The second kappa shape index (κ2) is 12.1. The first-order valence-corrected chi connectivity index (χ1v) is 14.8. The van der Waals surface area contributed by atoms with Crippen LogP contribution in [0, 0.1) is 13.8 Å². The van der Waals surface area contributed by atoms with Gasteiger partial charge >= 0.3 is 5.91 Å². The summed E-state index contributed by atoms with van der Waals surface area (Å²) in [5.74, 6) is -0.360. The van der Waals surface area contributed by atoms with Gasteiger partial charge in [-0.15, -0.1) is 10.2 Å². The Kier molecular flexibility index (Phi) is 8.32. The van der Waals surface area contributed by atoms with Gasteiger partial charge in [-0.05, 0) is 43.5 Å². The maximum atomic E-state index is 13.5. The zero-order valence-corrected chi connectivity index (χ0v) is 24.1. The van der Waals surface area contributed by atoms with Gasteiger partial charge in [0.1, 0.15) is 11.5 Å². The Bertz CT molecular complexity index is 1540. The summed E-state index contributed by atoms with van der Waals surface area (Å²) in [6.07, 6.45) is 0.875. The first-order chi connectivity index (χ1) is 19.4. The number of ketones is 1. The number of rotatable bonds is 9. The molecule has 0 spiro atoms. The summed E-state index contributed by atoms with van der Waals surface area (Å²) in [6, 6.07) is 21.8. The van der Waals surface area contributed by atoms with Crippen LogP contribution >= 0.6 is 23.1 Å².